The fraction of sp³-hybridized carbons (Fsp3) is 0.209. The first-order valence-electron chi connectivity index (χ1n) is 19.3. The van der Waals surface area contributed by atoms with Gasteiger partial charge < -0.3 is 40.8 Å². The second kappa shape index (κ2) is 20.0. The standard InChI is InChI=1S/C28H27F2N7O3.C15H14BF2NO4/c1-3-23(38)36-10-4-5-19(14-36)37-27-24(26(31)33-15-34-27)25(35-37)16-6-7-17(21(30)11-16)13-32-28(39)20-9-8-18(29)12-22(20)40-2;1-23-14-7-11(17)4-5-12(14)15(20)19-8-9-2-3-10(16(21)22)6-13(9)18/h3,6-9,11-12,15,19H,1,4-5,10,13-14H2,2H3,(H,32,39)(H2,31,33,34);2-7,21-22H,8H2,1H3,(H,19,20)/t19-;/m1./s1. The number of carbonyl (C=O) groups excluding carboxylic acids is 3. The summed E-state index contributed by atoms with van der Waals surface area (Å²) in [5.41, 5.74) is 8.23. The van der Waals surface area contributed by atoms with E-state index in [4.69, 9.17) is 30.4 Å². The van der Waals surface area contributed by atoms with Gasteiger partial charge in [-0.15, -0.1) is 0 Å². The van der Waals surface area contributed by atoms with E-state index in [2.05, 4.69) is 27.2 Å². The normalized spacial score (nSPS) is 13.4. The van der Waals surface area contributed by atoms with Crippen LogP contribution in [0.2, 0.25) is 0 Å². The van der Waals surface area contributed by atoms with Crippen molar-refractivity contribution >= 4 is 47.2 Å². The number of aromatic nitrogens is 4. The van der Waals surface area contributed by atoms with Crippen molar-refractivity contribution in [1.82, 2.24) is 35.3 Å². The molecule has 1 aliphatic rings. The summed E-state index contributed by atoms with van der Waals surface area (Å²) in [6.45, 7) is 4.40. The fourth-order valence-electron chi connectivity index (χ4n) is 6.89. The van der Waals surface area contributed by atoms with Gasteiger partial charge in [0.2, 0.25) is 5.91 Å². The van der Waals surface area contributed by atoms with Gasteiger partial charge in [0.25, 0.3) is 11.8 Å². The van der Waals surface area contributed by atoms with Gasteiger partial charge in [-0.1, -0.05) is 30.8 Å². The molecule has 0 bridgehead atoms. The summed E-state index contributed by atoms with van der Waals surface area (Å²) < 4.78 is 67.4. The Balaban J connectivity index is 0.000000244. The largest absolute Gasteiger partial charge is 0.496 e. The Morgan fingerprint density at radius 2 is 1.44 bits per heavy atom. The van der Waals surface area contributed by atoms with Crippen molar-refractivity contribution in [3.63, 3.8) is 0 Å². The molecule has 0 unspecified atom stereocenters. The van der Waals surface area contributed by atoms with Crippen LogP contribution >= 0.6 is 0 Å². The minimum absolute atomic E-state index is 0.0118. The molecule has 6 aromatic rings. The average Bonchev–Trinajstić information content (AvgIpc) is 3.68. The number of amides is 3. The molecule has 1 fully saturated rings. The number of methoxy groups -OCH3 is 2. The third-order valence-corrected chi connectivity index (χ3v) is 10.1. The van der Waals surface area contributed by atoms with Crippen molar-refractivity contribution < 1.29 is 51.5 Å². The third-order valence-electron chi connectivity index (χ3n) is 10.1. The van der Waals surface area contributed by atoms with Crippen LogP contribution in [-0.4, -0.2) is 86.8 Å². The number of halogens is 4. The highest BCUT2D eigenvalue weighted by atomic mass is 19.1. The highest BCUT2D eigenvalue weighted by Crippen LogP contribution is 2.34. The molecule has 2 aromatic heterocycles. The predicted molar refractivity (Wildman–Crippen MR) is 225 cm³/mol. The molecule has 4 aromatic carbocycles. The summed E-state index contributed by atoms with van der Waals surface area (Å²) in [5, 5.41) is 28.3. The maximum atomic E-state index is 15.3. The van der Waals surface area contributed by atoms with E-state index in [1.54, 1.807) is 21.7 Å². The fourth-order valence-corrected chi connectivity index (χ4v) is 6.89. The molecule has 1 saturated heterocycles. The molecular formula is C43H41BF4N8O7. The molecule has 1 atom stereocenters. The van der Waals surface area contributed by atoms with Crippen LogP contribution < -0.4 is 31.3 Å². The van der Waals surface area contributed by atoms with Crippen molar-refractivity contribution in [2.45, 2.75) is 32.0 Å². The van der Waals surface area contributed by atoms with E-state index in [0.29, 0.717) is 35.4 Å². The molecule has 20 heteroatoms. The summed E-state index contributed by atoms with van der Waals surface area (Å²) in [6.07, 6.45) is 4.18. The summed E-state index contributed by atoms with van der Waals surface area (Å²) in [4.78, 5) is 47.1. The van der Waals surface area contributed by atoms with Gasteiger partial charge in [0, 0.05) is 55.0 Å². The van der Waals surface area contributed by atoms with Gasteiger partial charge in [-0.3, -0.25) is 14.4 Å². The van der Waals surface area contributed by atoms with E-state index >= 15 is 4.39 Å². The van der Waals surface area contributed by atoms with Crippen molar-refractivity contribution in [2.24, 2.45) is 0 Å². The molecule has 0 aliphatic carbocycles. The van der Waals surface area contributed by atoms with Crippen LogP contribution in [0.25, 0.3) is 22.3 Å². The number of hydrogen-bond acceptors (Lipinski definition) is 11. The molecular weight excluding hydrogens is 827 g/mol. The number of nitrogen functional groups attached to an aromatic ring is 1. The number of anilines is 1. The number of fused-ring (bicyclic) bond motifs is 1. The second-order valence-corrected chi connectivity index (χ2v) is 14.1. The van der Waals surface area contributed by atoms with Crippen LogP contribution in [0.5, 0.6) is 11.5 Å². The van der Waals surface area contributed by atoms with E-state index in [1.165, 1.54) is 57.0 Å². The maximum absolute atomic E-state index is 15.3. The lowest BCUT2D eigenvalue weighted by Gasteiger charge is -2.32. The summed E-state index contributed by atoms with van der Waals surface area (Å²) in [6, 6.07) is 15.0. The Morgan fingerprint density at radius 3 is 1.98 bits per heavy atom. The third kappa shape index (κ3) is 10.4. The second-order valence-electron chi connectivity index (χ2n) is 14.1. The van der Waals surface area contributed by atoms with Gasteiger partial charge in [0.05, 0.1) is 36.8 Å². The molecule has 0 saturated carbocycles. The van der Waals surface area contributed by atoms with E-state index in [1.807, 2.05) is 0 Å². The van der Waals surface area contributed by atoms with Crippen LogP contribution in [0.1, 0.15) is 50.7 Å². The molecule has 15 nitrogen and oxygen atoms in total. The number of nitrogens with one attached hydrogen (secondary N) is 2. The highest BCUT2D eigenvalue weighted by Gasteiger charge is 2.28. The van der Waals surface area contributed by atoms with Crippen LogP contribution in [0.3, 0.4) is 0 Å². The Morgan fingerprint density at radius 1 is 0.857 bits per heavy atom. The van der Waals surface area contributed by atoms with Gasteiger partial charge >= 0.3 is 7.12 Å². The molecule has 1 aliphatic heterocycles. The minimum atomic E-state index is -1.77. The van der Waals surface area contributed by atoms with Crippen LogP contribution in [0.15, 0.2) is 91.8 Å². The summed E-state index contributed by atoms with van der Waals surface area (Å²) in [7, 11) is 0.874. The zero-order valence-corrected chi connectivity index (χ0v) is 33.9. The van der Waals surface area contributed by atoms with Gasteiger partial charge in [-0.2, -0.15) is 5.10 Å². The first-order valence-corrected chi connectivity index (χ1v) is 19.3. The molecule has 3 amide bonds. The number of piperidine rings is 1. The van der Waals surface area contributed by atoms with Crippen molar-refractivity contribution in [2.75, 3.05) is 33.0 Å². The number of nitrogens with zero attached hydrogens (tertiary/aromatic N) is 5. The van der Waals surface area contributed by atoms with Crippen LogP contribution in [0.4, 0.5) is 23.4 Å². The Hall–Kier alpha value is -7.32. The quantitative estimate of drug-likeness (QED) is 0.0669. The maximum Gasteiger partial charge on any atom is 0.488 e. The number of carbonyl (C=O) groups is 3. The average molecular weight is 869 g/mol. The van der Waals surface area contributed by atoms with Crippen molar-refractivity contribution in [3.8, 4) is 22.8 Å². The molecule has 63 heavy (non-hydrogen) atoms. The van der Waals surface area contributed by atoms with E-state index in [-0.39, 0.29) is 70.1 Å². The van der Waals surface area contributed by atoms with Gasteiger partial charge in [0.1, 0.15) is 52.6 Å². The summed E-state index contributed by atoms with van der Waals surface area (Å²) >= 11 is 0. The minimum Gasteiger partial charge on any atom is -0.496 e. The lowest BCUT2D eigenvalue weighted by Crippen LogP contribution is -2.40. The topological polar surface area (TPSA) is 207 Å². The highest BCUT2D eigenvalue weighted by molar-refractivity contribution is 6.58. The Bertz CT molecular complexity index is 2680. The number of likely N-dealkylation sites (tertiary alicyclic amines) is 1. The number of ether oxygens (including phenoxy) is 2. The number of nitrogens with two attached hydrogens (primary N) is 1. The SMILES string of the molecule is C=CC(=O)N1CCC[C@@H](n2nc(-c3ccc(CNC(=O)c4ccc(F)cc4OC)c(F)c3)c3c(N)ncnc32)C1.COc1cc(F)ccc1C(=O)NCc1ccc(B(O)O)cc1F. The van der Waals surface area contributed by atoms with E-state index in [0.717, 1.165) is 43.2 Å². The van der Waals surface area contributed by atoms with Crippen LogP contribution in [0, 0.1) is 23.3 Å². The Labute approximate surface area is 358 Å². The molecule has 0 spiro atoms. The van der Waals surface area contributed by atoms with Gasteiger partial charge in [0.15, 0.2) is 5.65 Å². The van der Waals surface area contributed by atoms with Gasteiger partial charge in [-0.05, 0) is 60.8 Å². The van der Waals surface area contributed by atoms with E-state index in [9.17, 15) is 27.6 Å². The van der Waals surface area contributed by atoms with Crippen molar-refractivity contribution in [3.05, 3.63) is 137 Å². The number of hydrogen-bond donors (Lipinski definition) is 5. The zero-order chi connectivity index (χ0) is 45.4. The molecule has 7 rings (SSSR count). The van der Waals surface area contributed by atoms with Crippen molar-refractivity contribution in [1.29, 1.82) is 0 Å². The first kappa shape index (κ1) is 45.2. The first-order chi connectivity index (χ1) is 30.2. The van der Waals surface area contributed by atoms with E-state index < -0.39 is 42.2 Å². The smallest absolute Gasteiger partial charge is 0.488 e. The number of rotatable bonds is 12. The number of benzene rings is 4. The van der Waals surface area contributed by atoms with Gasteiger partial charge in [-0.25, -0.2) is 32.2 Å². The predicted octanol–water partition coefficient (Wildman–Crippen LogP) is 4.23. The molecule has 3 heterocycles. The Kier molecular flexibility index (Phi) is 14.4. The zero-order valence-electron chi connectivity index (χ0n) is 33.9. The lowest BCUT2D eigenvalue weighted by molar-refractivity contribution is -0.127. The lowest BCUT2D eigenvalue weighted by atomic mass is 9.80. The molecule has 326 valence electrons. The molecule has 0 radical (unpaired) electrons. The monoisotopic (exact) mass is 868 g/mol. The molecule has 6 N–H and O–H groups in total. The van der Waals surface area contributed by atoms with Crippen LogP contribution in [-0.2, 0) is 17.9 Å². The summed E-state index contributed by atoms with van der Waals surface area (Å²) in [5.74, 6) is -3.22.